The van der Waals surface area contributed by atoms with Crippen molar-refractivity contribution in [1.82, 2.24) is 9.21 Å². The van der Waals surface area contributed by atoms with Crippen molar-refractivity contribution in [3.63, 3.8) is 0 Å². The average Bonchev–Trinajstić information content (AvgIpc) is 3.26. The highest BCUT2D eigenvalue weighted by molar-refractivity contribution is 7.98. The van der Waals surface area contributed by atoms with Crippen LogP contribution in [-0.2, 0) is 28.3 Å². The molecule has 4 atom stereocenters. The third-order valence-electron chi connectivity index (χ3n) is 8.54. The van der Waals surface area contributed by atoms with Gasteiger partial charge in [-0.25, -0.2) is 9.10 Å². The highest BCUT2D eigenvalue weighted by atomic mass is 32.2. The number of ether oxygens (including phenoxy) is 1. The van der Waals surface area contributed by atoms with Crippen molar-refractivity contribution in [3.05, 3.63) is 83.9 Å². The van der Waals surface area contributed by atoms with Gasteiger partial charge in [-0.15, -0.1) is 0 Å². The van der Waals surface area contributed by atoms with E-state index in [1.807, 2.05) is 67.6 Å². The fourth-order valence-corrected chi connectivity index (χ4v) is 8.01. The Morgan fingerprint density at radius 2 is 1.44 bits per heavy atom. The molecule has 0 saturated carbocycles. The SMILES string of the molecule is C=C(C)C(C(=O)OC(c1ccccc1)c1ccccc1)N1C(=O)[C@H]([C@@H](C)O[Si](C)(C)C(C)(C)C)[C@H]1SN1C(=O)CCC1=O. The number of benzene rings is 2. The van der Waals surface area contributed by atoms with Gasteiger partial charge in [-0.2, -0.15) is 0 Å². The Balaban J connectivity index is 1.67. The average molecular weight is 623 g/mol. The van der Waals surface area contributed by atoms with Crippen molar-refractivity contribution in [2.75, 3.05) is 0 Å². The molecule has 2 heterocycles. The molecule has 0 spiro atoms. The molecule has 8 nitrogen and oxygen atoms in total. The van der Waals surface area contributed by atoms with Crippen molar-refractivity contribution in [1.29, 1.82) is 0 Å². The van der Waals surface area contributed by atoms with Crippen LogP contribution in [0.15, 0.2) is 72.8 Å². The Labute approximate surface area is 260 Å². The van der Waals surface area contributed by atoms with Gasteiger partial charge in [-0.1, -0.05) is 88.0 Å². The predicted molar refractivity (Wildman–Crippen MR) is 170 cm³/mol. The summed E-state index contributed by atoms with van der Waals surface area (Å²) in [6, 6.07) is 17.7. The van der Waals surface area contributed by atoms with E-state index >= 15 is 0 Å². The van der Waals surface area contributed by atoms with Crippen LogP contribution in [0, 0.1) is 5.92 Å². The summed E-state index contributed by atoms with van der Waals surface area (Å²) >= 11 is 0.993. The van der Waals surface area contributed by atoms with Crippen molar-refractivity contribution in [2.24, 2.45) is 5.92 Å². The summed E-state index contributed by atoms with van der Waals surface area (Å²) in [7, 11) is -2.27. The molecule has 43 heavy (non-hydrogen) atoms. The minimum atomic E-state index is -2.27. The van der Waals surface area contributed by atoms with E-state index in [0.29, 0.717) is 5.57 Å². The maximum Gasteiger partial charge on any atom is 0.334 e. The lowest BCUT2D eigenvalue weighted by Gasteiger charge is -2.53. The quantitative estimate of drug-likeness (QED) is 0.0730. The minimum absolute atomic E-state index is 0.0921. The summed E-state index contributed by atoms with van der Waals surface area (Å²) in [6.07, 6.45) is -0.972. The number of likely N-dealkylation sites (tertiary alicyclic amines) is 1. The zero-order valence-electron chi connectivity index (χ0n) is 26.0. The van der Waals surface area contributed by atoms with E-state index in [2.05, 4.69) is 40.4 Å². The van der Waals surface area contributed by atoms with Crippen LogP contribution >= 0.6 is 11.9 Å². The number of β-lactam (4-membered cyclic amide) rings is 1. The number of carbonyl (C=O) groups excluding carboxylic acids is 4. The number of amides is 3. The van der Waals surface area contributed by atoms with Gasteiger partial charge in [0.05, 0.1) is 12.0 Å². The molecular weight excluding hydrogens is 581 g/mol. The van der Waals surface area contributed by atoms with E-state index in [-0.39, 0.29) is 35.6 Å². The summed E-state index contributed by atoms with van der Waals surface area (Å²) in [6.45, 7) is 18.2. The highest BCUT2D eigenvalue weighted by Gasteiger charge is 2.58. The van der Waals surface area contributed by atoms with Gasteiger partial charge in [0.25, 0.3) is 0 Å². The van der Waals surface area contributed by atoms with Crippen LogP contribution in [0.2, 0.25) is 18.1 Å². The summed E-state index contributed by atoms with van der Waals surface area (Å²) in [5, 5.41) is -0.801. The van der Waals surface area contributed by atoms with E-state index in [0.717, 1.165) is 27.4 Å². The van der Waals surface area contributed by atoms with E-state index in [4.69, 9.17) is 9.16 Å². The second kappa shape index (κ2) is 12.8. The van der Waals surface area contributed by atoms with Crippen molar-refractivity contribution >= 4 is 44.0 Å². The molecule has 0 aliphatic carbocycles. The molecule has 2 aliphatic heterocycles. The van der Waals surface area contributed by atoms with Crippen molar-refractivity contribution < 1.29 is 28.3 Å². The summed E-state index contributed by atoms with van der Waals surface area (Å²) < 4.78 is 13.9. The van der Waals surface area contributed by atoms with Crippen LogP contribution in [0.5, 0.6) is 0 Å². The number of hydrogen-bond donors (Lipinski definition) is 0. The fraction of sp³-hybridized carbons (Fsp3) is 0.455. The Morgan fingerprint density at radius 1 is 0.953 bits per heavy atom. The number of carbonyl (C=O) groups is 4. The van der Waals surface area contributed by atoms with Crippen LogP contribution in [0.3, 0.4) is 0 Å². The van der Waals surface area contributed by atoms with Crippen LogP contribution in [0.4, 0.5) is 0 Å². The molecule has 2 aromatic rings. The molecule has 2 aromatic carbocycles. The Hall–Kier alpha value is -3.21. The molecule has 10 heteroatoms. The van der Waals surface area contributed by atoms with Crippen LogP contribution in [0.25, 0.3) is 0 Å². The molecule has 0 bridgehead atoms. The first-order valence-electron chi connectivity index (χ1n) is 14.6. The van der Waals surface area contributed by atoms with E-state index in [9.17, 15) is 19.2 Å². The molecular formula is C33H42N2O6SSi. The van der Waals surface area contributed by atoms with Gasteiger partial charge in [0.2, 0.25) is 17.7 Å². The minimum Gasteiger partial charge on any atom is -0.451 e. The van der Waals surface area contributed by atoms with Gasteiger partial charge in [0.15, 0.2) is 20.5 Å². The predicted octanol–water partition coefficient (Wildman–Crippen LogP) is 6.26. The Morgan fingerprint density at radius 3 is 1.88 bits per heavy atom. The van der Waals surface area contributed by atoms with Gasteiger partial charge in [0, 0.05) is 12.8 Å². The van der Waals surface area contributed by atoms with Crippen molar-refractivity contribution in [2.45, 2.75) is 89.2 Å². The van der Waals surface area contributed by atoms with Crippen LogP contribution in [-0.4, -0.2) is 58.7 Å². The molecule has 0 aromatic heterocycles. The normalized spacial score (nSPS) is 20.7. The van der Waals surface area contributed by atoms with Crippen molar-refractivity contribution in [3.8, 4) is 0 Å². The largest absolute Gasteiger partial charge is 0.451 e. The molecule has 3 amide bonds. The number of hydrogen-bond acceptors (Lipinski definition) is 7. The van der Waals surface area contributed by atoms with Crippen LogP contribution < -0.4 is 0 Å². The summed E-state index contributed by atoms with van der Waals surface area (Å²) in [5.74, 6) is -2.24. The van der Waals surface area contributed by atoms with Crippen LogP contribution in [0.1, 0.15) is 64.7 Å². The fourth-order valence-electron chi connectivity index (χ4n) is 5.15. The molecule has 4 rings (SSSR count). The molecule has 0 radical (unpaired) electrons. The monoisotopic (exact) mass is 622 g/mol. The molecule has 230 valence electrons. The zero-order chi connectivity index (χ0) is 31.7. The number of rotatable bonds is 11. The first-order valence-corrected chi connectivity index (χ1v) is 18.4. The molecule has 0 N–H and O–H groups in total. The molecule has 2 fully saturated rings. The van der Waals surface area contributed by atoms with E-state index in [1.165, 1.54) is 4.90 Å². The van der Waals surface area contributed by atoms with Gasteiger partial charge >= 0.3 is 5.97 Å². The second-order valence-electron chi connectivity index (χ2n) is 12.8. The first kappa shape index (κ1) is 32.7. The van der Waals surface area contributed by atoms with E-state index in [1.54, 1.807) is 6.92 Å². The standard InChI is InChI=1S/C33H42N2O6SSi/c1-21(2)28(32(39)40-29(23-15-11-9-12-16-23)24-17-13-10-14-18-24)34-30(38)27(22(3)41-43(7,8)33(4,5)6)31(34)42-35-25(36)19-20-26(35)37/h9-18,22,27-29,31H,1,19-20H2,2-8H3/t22-,27+,28?,31-/m1/s1. The lowest BCUT2D eigenvalue weighted by atomic mass is 9.89. The molecule has 2 aliphatic rings. The molecule has 2 saturated heterocycles. The lowest BCUT2D eigenvalue weighted by Crippen LogP contribution is -2.69. The number of imide groups is 1. The van der Waals surface area contributed by atoms with E-state index < -0.39 is 43.8 Å². The van der Waals surface area contributed by atoms with Gasteiger partial charge in [0.1, 0.15) is 5.37 Å². The first-order chi connectivity index (χ1) is 20.1. The Kier molecular flexibility index (Phi) is 9.73. The third kappa shape index (κ3) is 6.81. The maximum atomic E-state index is 14.0. The van der Waals surface area contributed by atoms with Gasteiger partial charge in [-0.05, 0) is 60.6 Å². The third-order valence-corrected chi connectivity index (χ3v) is 14.5. The number of esters is 1. The zero-order valence-corrected chi connectivity index (χ0v) is 27.9. The maximum absolute atomic E-state index is 14.0. The summed E-state index contributed by atoms with van der Waals surface area (Å²) in [4.78, 5) is 54.7. The smallest absolute Gasteiger partial charge is 0.334 e. The topological polar surface area (TPSA) is 93.2 Å². The lowest BCUT2D eigenvalue weighted by molar-refractivity contribution is -0.171. The molecule has 1 unspecified atom stereocenters. The second-order valence-corrected chi connectivity index (χ2v) is 18.6. The van der Waals surface area contributed by atoms with Gasteiger partial charge in [-0.3, -0.25) is 14.4 Å². The highest BCUT2D eigenvalue weighted by Crippen LogP contribution is 2.46. The Bertz CT molecular complexity index is 1320. The van der Waals surface area contributed by atoms with Gasteiger partial charge < -0.3 is 14.1 Å². The summed E-state index contributed by atoms with van der Waals surface area (Å²) in [5.41, 5.74) is 1.98. The number of nitrogens with zero attached hydrogens (tertiary/aromatic N) is 2.